The maximum atomic E-state index is 3.42. The van der Waals surface area contributed by atoms with Gasteiger partial charge in [-0.2, -0.15) is 0 Å². The number of thioether (sulfide) groups is 1. The number of nitrogens with one attached hydrogen (secondary N) is 1. The first-order valence-electron chi connectivity index (χ1n) is 6.57. The Morgan fingerprint density at radius 2 is 1.88 bits per heavy atom. The summed E-state index contributed by atoms with van der Waals surface area (Å²) in [4.78, 5) is 1.39. The molecule has 0 heterocycles. The van der Waals surface area contributed by atoms with Crippen molar-refractivity contribution in [1.82, 2.24) is 5.32 Å². The van der Waals surface area contributed by atoms with Crippen molar-refractivity contribution in [3.8, 4) is 0 Å². The van der Waals surface area contributed by atoms with Crippen LogP contribution in [0.2, 0.25) is 0 Å². The first kappa shape index (κ1) is 14.6. The van der Waals surface area contributed by atoms with E-state index in [4.69, 9.17) is 0 Å². The summed E-state index contributed by atoms with van der Waals surface area (Å²) in [6.07, 6.45) is 3.86. The van der Waals surface area contributed by atoms with Gasteiger partial charge in [0.15, 0.2) is 0 Å². The summed E-state index contributed by atoms with van der Waals surface area (Å²) in [5.74, 6) is 2.01. The van der Waals surface area contributed by atoms with E-state index in [2.05, 4.69) is 56.5 Å². The van der Waals surface area contributed by atoms with Gasteiger partial charge in [0.2, 0.25) is 0 Å². The minimum Gasteiger partial charge on any atom is -0.317 e. The van der Waals surface area contributed by atoms with E-state index in [-0.39, 0.29) is 0 Å². The molecule has 0 fully saturated rings. The van der Waals surface area contributed by atoms with Crippen LogP contribution in [0.3, 0.4) is 0 Å². The lowest BCUT2D eigenvalue weighted by atomic mass is 10.0. The summed E-state index contributed by atoms with van der Waals surface area (Å²) in [7, 11) is 2.08. The average Bonchev–Trinajstić information content (AvgIpc) is 2.34. The van der Waals surface area contributed by atoms with Crippen LogP contribution in [-0.4, -0.2) is 18.8 Å². The lowest BCUT2D eigenvalue weighted by Gasteiger charge is -2.17. The Kier molecular flexibility index (Phi) is 7.38. The summed E-state index contributed by atoms with van der Waals surface area (Å²) in [6.45, 7) is 4.59. The normalized spacial score (nSPS) is 12.9. The molecule has 0 saturated carbocycles. The van der Waals surface area contributed by atoms with E-state index in [0.717, 1.165) is 5.92 Å². The van der Waals surface area contributed by atoms with Crippen LogP contribution in [-0.2, 0) is 0 Å². The average molecular weight is 251 g/mol. The van der Waals surface area contributed by atoms with Crippen LogP contribution >= 0.6 is 11.8 Å². The molecule has 0 aliphatic carbocycles. The molecule has 0 aliphatic heterocycles. The molecular formula is C15H25NS. The molecule has 2 heteroatoms. The molecular weight excluding hydrogens is 226 g/mol. The van der Waals surface area contributed by atoms with E-state index < -0.39 is 0 Å². The molecule has 0 amide bonds. The monoisotopic (exact) mass is 251 g/mol. The summed E-state index contributed by atoms with van der Waals surface area (Å²) < 4.78 is 0. The van der Waals surface area contributed by atoms with Crippen molar-refractivity contribution in [2.75, 3.05) is 12.8 Å². The highest BCUT2D eigenvalue weighted by atomic mass is 32.2. The first-order chi connectivity index (χ1) is 8.22. The minimum atomic E-state index is 0.686. The van der Waals surface area contributed by atoms with Gasteiger partial charge in [0.05, 0.1) is 0 Å². The standard InChI is InChI=1S/C15H25NS/c1-13(2)12-14(16-3)8-7-11-17-15-9-5-4-6-10-15/h4-6,9-10,13-14,16H,7-8,11-12H2,1-3H3. The Labute approximate surface area is 110 Å². The molecule has 1 N–H and O–H groups in total. The van der Waals surface area contributed by atoms with Crippen LogP contribution in [0.5, 0.6) is 0 Å². The number of hydrogen-bond donors (Lipinski definition) is 1. The third kappa shape index (κ3) is 6.75. The third-order valence-electron chi connectivity index (χ3n) is 2.87. The molecule has 0 saturated heterocycles. The van der Waals surface area contributed by atoms with Crippen molar-refractivity contribution in [2.24, 2.45) is 5.92 Å². The zero-order valence-electron chi connectivity index (χ0n) is 11.3. The summed E-state index contributed by atoms with van der Waals surface area (Å²) in [5, 5.41) is 3.42. The van der Waals surface area contributed by atoms with Crippen molar-refractivity contribution in [3.05, 3.63) is 30.3 Å². The van der Waals surface area contributed by atoms with Crippen molar-refractivity contribution < 1.29 is 0 Å². The van der Waals surface area contributed by atoms with Gasteiger partial charge in [-0.25, -0.2) is 0 Å². The second-order valence-electron chi connectivity index (χ2n) is 4.92. The van der Waals surface area contributed by atoms with Crippen molar-refractivity contribution >= 4 is 11.8 Å². The van der Waals surface area contributed by atoms with Gasteiger partial charge in [-0.3, -0.25) is 0 Å². The second-order valence-corrected chi connectivity index (χ2v) is 6.09. The van der Waals surface area contributed by atoms with Gasteiger partial charge < -0.3 is 5.32 Å². The highest BCUT2D eigenvalue weighted by molar-refractivity contribution is 7.99. The second kappa shape index (κ2) is 8.60. The van der Waals surface area contributed by atoms with Gasteiger partial charge in [0, 0.05) is 10.9 Å². The van der Waals surface area contributed by atoms with Gasteiger partial charge >= 0.3 is 0 Å². The molecule has 0 radical (unpaired) electrons. The predicted molar refractivity (Wildman–Crippen MR) is 78.7 cm³/mol. The topological polar surface area (TPSA) is 12.0 Å². The van der Waals surface area contributed by atoms with Crippen LogP contribution in [0, 0.1) is 5.92 Å². The molecule has 1 atom stereocenters. The van der Waals surface area contributed by atoms with Gasteiger partial charge in [-0.15, -0.1) is 11.8 Å². The molecule has 0 aromatic heterocycles. The maximum absolute atomic E-state index is 3.42. The SMILES string of the molecule is CNC(CCCSc1ccccc1)CC(C)C. The van der Waals surface area contributed by atoms with E-state index in [1.165, 1.54) is 29.9 Å². The molecule has 1 aromatic carbocycles. The van der Waals surface area contributed by atoms with Gasteiger partial charge in [0.25, 0.3) is 0 Å². The number of benzene rings is 1. The highest BCUT2D eigenvalue weighted by Crippen LogP contribution is 2.19. The van der Waals surface area contributed by atoms with Crippen LogP contribution in [0.4, 0.5) is 0 Å². The molecule has 96 valence electrons. The molecule has 0 bridgehead atoms. The third-order valence-corrected chi connectivity index (χ3v) is 3.97. The molecule has 1 aromatic rings. The number of rotatable bonds is 8. The van der Waals surface area contributed by atoms with Crippen molar-refractivity contribution in [2.45, 2.75) is 44.0 Å². The Morgan fingerprint density at radius 1 is 1.18 bits per heavy atom. The lowest BCUT2D eigenvalue weighted by molar-refractivity contribution is 0.419. The molecule has 0 spiro atoms. The quantitative estimate of drug-likeness (QED) is 0.549. The molecule has 0 aliphatic rings. The molecule has 1 unspecified atom stereocenters. The van der Waals surface area contributed by atoms with Crippen LogP contribution < -0.4 is 5.32 Å². The van der Waals surface area contributed by atoms with E-state index >= 15 is 0 Å². The van der Waals surface area contributed by atoms with Crippen LogP contribution in [0.1, 0.15) is 33.1 Å². The molecule has 17 heavy (non-hydrogen) atoms. The van der Waals surface area contributed by atoms with E-state index in [1.807, 2.05) is 11.8 Å². The summed E-state index contributed by atoms with van der Waals surface area (Å²) in [5.41, 5.74) is 0. The van der Waals surface area contributed by atoms with Gasteiger partial charge in [-0.05, 0) is 50.1 Å². The fraction of sp³-hybridized carbons (Fsp3) is 0.600. The molecule has 1 nitrogen and oxygen atoms in total. The largest absolute Gasteiger partial charge is 0.317 e. The van der Waals surface area contributed by atoms with Crippen molar-refractivity contribution in [3.63, 3.8) is 0 Å². The summed E-state index contributed by atoms with van der Waals surface area (Å²) >= 11 is 1.96. The van der Waals surface area contributed by atoms with E-state index in [9.17, 15) is 0 Å². The Morgan fingerprint density at radius 3 is 2.47 bits per heavy atom. The zero-order chi connectivity index (χ0) is 12.5. The smallest absolute Gasteiger partial charge is 0.00719 e. The fourth-order valence-electron chi connectivity index (χ4n) is 1.99. The number of hydrogen-bond acceptors (Lipinski definition) is 2. The van der Waals surface area contributed by atoms with Gasteiger partial charge in [-0.1, -0.05) is 32.0 Å². The van der Waals surface area contributed by atoms with E-state index in [0.29, 0.717) is 6.04 Å². The maximum Gasteiger partial charge on any atom is 0.00719 e. The fourth-order valence-corrected chi connectivity index (χ4v) is 2.88. The van der Waals surface area contributed by atoms with E-state index in [1.54, 1.807) is 0 Å². The Bertz CT molecular complexity index is 284. The minimum absolute atomic E-state index is 0.686. The van der Waals surface area contributed by atoms with Crippen LogP contribution in [0.25, 0.3) is 0 Å². The Hall–Kier alpha value is -0.470. The zero-order valence-corrected chi connectivity index (χ0v) is 12.1. The highest BCUT2D eigenvalue weighted by Gasteiger charge is 2.07. The molecule has 1 rings (SSSR count). The van der Waals surface area contributed by atoms with Crippen molar-refractivity contribution in [1.29, 1.82) is 0 Å². The van der Waals surface area contributed by atoms with Crippen LogP contribution in [0.15, 0.2) is 35.2 Å². The Balaban J connectivity index is 2.14. The predicted octanol–water partition coefficient (Wildman–Crippen LogP) is 4.19. The van der Waals surface area contributed by atoms with Gasteiger partial charge in [0.1, 0.15) is 0 Å². The summed E-state index contributed by atoms with van der Waals surface area (Å²) in [6, 6.07) is 11.4. The lowest BCUT2D eigenvalue weighted by Crippen LogP contribution is -2.26. The first-order valence-corrected chi connectivity index (χ1v) is 7.56.